The lowest BCUT2D eigenvalue weighted by Crippen LogP contribution is -2.43. The van der Waals surface area contributed by atoms with Gasteiger partial charge in [-0.05, 0) is 50.2 Å². The summed E-state index contributed by atoms with van der Waals surface area (Å²) < 4.78 is 5.89. The van der Waals surface area contributed by atoms with E-state index in [0.717, 1.165) is 38.0 Å². The van der Waals surface area contributed by atoms with Gasteiger partial charge in [-0.3, -0.25) is 14.6 Å². The summed E-state index contributed by atoms with van der Waals surface area (Å²) >= 11 is 0. The average Bonchev–Trinajstić information content (AvgIpc) is 3.27. The van der Waals surface area contributed by atoms with Crippen molar-refractivity contribution >= 4 is 11.8 Å². The van der Waals surface area contributed by atoms with E-state index in [9.17, 15) is 9.59 Å². The van der Waals surface area contributed by atoms with Gasteiger partial charge in [0.1, 0.15) is 5.75 Å². The van der Waals surface area contributed by atoms with Crippen LogP contribution in [0.15, 0.2) is 24.5 Å². The lowest BCUT2D eigenvalue weighted by Gasteiger charge is -2.31. The highest BCUT2D eigenvalue weighted by molar-refractivity contribution is 5.88. The third-order valence-corrected chi connectivity index (χ3v) is 6.81. The fourth-order valence-corrected chi connectivity index (χ4v) is 4.93. The van der Waals surface area contributed by atoms with Crippen LogP contribution in [0.25, 0.3) is 0 Å². The van der Waals surface area contributed by atoms with Gasteiger partial charge < -0.3 is 15.0 Å². The second-order valence-corrected chi connectivity index (χ2v) is 8.53. The molecule has 3 heterocycles. The van der Waals surface area contributed by atoms with Crippen molar-refractivity contribution in [2.75, 3.05) is 26.2 Å². The van der Waals surface area contributed by atoms with Crippen molar-refractivity contribution in [3.63, 3.8) is 0 Å². The Morgan fingerprint density at radius 3 is 2.93 bits per heavy atom. The topological polar surface area (TPSA) is 71.5 Å². The van der Waals surface area contributed by atoms with Crippen molar-refractivity contribution in [1.82, 2.24) is 15.2 Å². The standard InChI is InChI=1S/C21H29N3O3/c1-15-4-6-16(7-5-15)19(25)24-10-8-21(14-24)17(11-23-20(21)26)13-27-18-3-2-9-22-12-18/h2-3,9,12,15-17H,4-8,10-11,13-14H2,1H3,(H,23,26)/t15?,16?,17-,21-/m1/s1. The van der Waals surface area contributed by atoms with Crippen LogP contribution >= 0.6 is 0 Å². The quantitative estimate of drug-likeness (QED) is 0.881. The lowest BCUT2D eigenvalue weighted by molar-refractivity contribution is -0.137. The van der Waals surface area contributed by atoms with Gasteiger partial charge in [-0.15, -0.1) is 0 Å². The van der Waals surface area contributed by atoms with Crippen LogP contribution in [-0.2, 0) is 9.59 Å². The van der Waals surface area contributed by atoms with Crippen LogP contribution < -0.4 is 10.1 Å². The summed E-state index contributed by atoms with van der Waals surface area (Å²) in [5.74, 6) is 2.00. The van der Waals surface area contributed by atoms with Gasteiger partial charge in [-0.2, -0.15) is 0 Å². The molecule has 2 amide bonds. The van der Waals surface area contributed by atoms with Crippen LogP contribution in [0.2, 0.25) is 0 Å². The van der Waals surface area contributed by atoms with Crippen LogP contribution in [0.3, 0.4) is 0 Å². The first-order chi connectivity index (χ1) is 13.1. The predicted octanol–water partition coefficient (Wildman–Crippen LogP) is 2.25. The van der Waals surface area contributed by atoms with E-state index >= 15 is 0 Å². The Morgan fingerprint density at radius 2 is 2.19 bits per heavy atom. The number of hydrogen-bond donors (Lipinski definition) is 1. The number of amides is 2. The largest absolute Gasteiger partial charge is 0.492 e. The number of carbonyl (C=O) groups is 2. The molecule has 146 valence electrons. The van der Waals surface area contributed by atoms with Gasteiger partial charge in [-0.25, -0.2) is 0 Å². The van der Waals surface area contributed by atoms with Crippen molar-refractivity contribution in [3.05, 3.63) is 24.5 Å². The third kappa shape index (κ3) is 3.54. The molecule has 0 radical (unpaired) electrons. The van der Waals surface area contributed by atoms with E-state index in [1.165, 1.54) is 0 Å². The predicted molar refractivity (Wildman–Crippen MR) is 101 cm³/mol. The fraction of sp³-hybridized carbons (Fsp3) is 0.667. The highest BCUT2D eigenvalue weighted by atomic mass is 16.5. The number of pyridine rings is 1. The average molecular weight is 371 g/mol. The Labute approximate surface area is 160 Å². The highest BCUT2D eigenvalue weighted by Crippen LogP contribution is 2.43. The zero-order valence-corrected chi connectivity index (χ0v) is 16.0. The zero-order valence-electron chi connectivity index (χ0n) is 16.0. The third-order valence-electron chi connectivity index (χ3n) is 6.81. The van der Waals surface area contributed by atoms with E-state index in [1.54, 1.807) is 12.4 Å². The molecule has 2 atom stereocenters. The SMILES string of the molecule is CC1CCC(C(=O)N2CC[C@]3(C2)C(=O)NC[C@@H]3COc2cccnc2)CC1. The summed E-state index contributed by atoms with van der Waals surface area (Å²) in [6, 6.07) is 3.71. The summed E-state index contributed by atoms with van der Waals surface area (Å²) in [4.78, 5) is 31.7. The van der Waals surface area contributed by atoms with E-state index in [1.807, 2.05) is 17.0 Å². The van der Waals surface area contributed by atoms with E-state index in [0.29, 0.717) is 32.0 Å². The normalized spacial score (nSPS) is 33.3. The van der Waals surface area contributed by atoms with Gasteiger partial charge in [0.05, 0.1) is 18.2 Å². The Balaban J connectivity index is 1.40. The summed E-state index contributed by atoms with van der Waals surface area (Å²) in [5.41, 5.74) is -0.500. The summed E-state index contributed by atoms with van der Waals surface area (Å²) in [5, 5.41) is 3.01. The molecule has 6 nitrogen and oxygen atoms in total. The number of hydrogen-bond acceptors (Lipinski definition) is 4. The van der Waals surface area contributed by atoms with Gasteiger partial charge in [0, 0.05) is 37.7 Å². The van der Waals surface area contributed by atoms with Crippen molar-refractivity contribution in [3.8, 4) is 5.75 Å². The molecule has 2 aliphatic heterocycles. The first-order valence-corrected chi connectivity index (χ1v) is 10.2. The van der Waals surface area contributed by atoms with Gasteiger partial charge in [-0.1, -0.05) is 6.92 Å². The molecule has 2 saturated heterocycles. The minimum atomic E-state index is -0.500. The fourth-order valence-electron chi connectivity index (χ4n) is 4.93. The van der Waals surface area contributed by atoms with E-state index in [4.69, 9.17) is 4.74 Å². The molecule has 6 heteroatoms. The molecule has 3 fully saturated rings. The maximum absolute atomic E-state index is 13.0. The summed E-state index contributed by atoms with van der Waals surface area (Å²) in [7, 11) is 0. The molecule has 1 spiro atoms. The summed E-state index contributed by atoms with van der Waals surface area (Å²) in [6.07, 6.45) is 8.38. The van der Waals surface area contributed by atoms with Crippen LogP contribution in [0, 0.1) is 23.2 Å². The number of ether oxygens (including phenoxy) is 1. The smallest absolute Gasteiger partial charge is 0.228 e. The molecule has 0 unspecified atom stereocenters. The molecule has 0 aromatic carbocycles. The van der Waals surface area contributed by atoms with Crippen molar-refractivity contribution < 1.29 is 14.3 Å². The molecule has 1 aromatic rings. The van der Waals surface area contributed by atoms with E-state index in [-0.39, 0.29) is 23.7 Å². The number of rotatable bonds is 4. The minimum absolute atomic E-state index is 0.0781. The monoisotopic (exact) mass is 371 g/mol. The Morgan fingerprint density at radius 1 is 1.37 bits per heavy atom. The van der Waals surface area contributed by atoms with Gasteiger partial charge in [0.2, 0.25) is 11.8 Å². The molecule has 4 rings (SSSR count). The number of nitrogens with one attached hydrogen (secondary N) is 1. The van der Waals surface area contributed by atoms with Crippen molar-refractivity contribution in [2.24, 2.45) is 23.2 Å². The first kappa shape index (κ1) is 18.3. The number of carbonyl (C=O) groups excluding carboxylic acids is 2. The highest BCUT2D eigenvalue weighted by Gasteiger charge is 2.55. The van der Waals surface area contributed by atoms with Crippen LogP contribution in [-0.4, -0.2) is 47.9 Å². The van der Waals surface area contributed by atoms with Gasteiger partial charge in [0.15, 0.2) is 0 Å². The number of likely N-dealkylation sites (tertiary alicyclic amines) is 1. The molecule has 1 saturated carbocycles. The second kappa shape index (κ2) is 7.49. The van der Waals surface area contributed by atoms with Crippen molar-refractivity contribution in [1.29, 1.82) is 0 Å². The van der Waals surface area contributed by atoms with Gasteiger partial charge in [0.25, 0.3) is 0 Å². The number of nitrogens with zero attached hydrogens (tertiary/aromatic N) is 2. The second-order valence-electron chi connectivity index (χ2n) is 8.53. The van der Waals surface area contributed by atoms with Crippen LogP contribution in [0.1, 0.15) is 39.0 Å². The molecule has 1 aromatic heterocycles. The Bertz CT molecular complexity index is 687. The van der Waals surface area contributed by atoms with E-state index in [2.05, 4.69) is 17.2 Å². The first-order valence-electron chi connectivity index (χ1n) is 10.2. The molecular weight excluding hydrogens is 342 g/mol. The Kier molecular flexibility index (Phi) is 5.06. The van der Waals surface area contributed by atoms with Crippen molar-refractivity contribution in [2.45, 2.75) is 39.0 Å². The molecule has 0 bridgehead atoms. The molecule has 3 aliphatic rings. The lowest BCUT2D eigenvalue weighted by atomic mass is 9.77. The molecule has 1 aliphatic carbocycles. The summed E-state index contributed by atoms with van der Waals surface area (Å²) in [6.45, 7) is 4.56. The zero-order chi connectivity index (χ0) is 18.9. The molecule has 27 heavy (non-hydrogen) atoms. The van der Waals surface area contributed by atoms with Gasteiger partial charge >= 0.3 is 0 Å². The minimum Gasteiger partial charge on any atom is -0.492 e. The maximum atomic E-state index is 13.0. The maximum Gasteiger partial charge on any atom is 0.228 e. The molecular formula is C21H29N3O3. The number of aromatic nitrogens is 1. The van der Waals surface area contributed by atoms with E-state index < -0.39 is 5.41 Å². The molecule has 1 N–H and O–H groups in total. The van der Waals surface area contributed by atoms with Crippen LogP contribution in [0.5, 0.6) is 5.75 Å². The Hall–Kier alpha value is -2.11. The van der Waals surface area contributed by atoms with Crippen LogP contribution in [0.4, 0.5) is 0 Å².